The third-order valence-electron chi connectivity index (χ3n) is 2.45. The summed E-state index contributed by atoms with van der Waals surface area (Å²) in [4.78, 5) is 4.05. The quantitative estimate of drug-likeness (QED) is 0.910. The molecule has 1 aromatic carbocycles. The summed E-state index contributed by atoms with van der Waals surface area (Å²) in [6, 6.07) is 10.6. The van der Waals surface area contributed by atoms with Crippen molar-refractivity contribution >= 4 is 11.6 Å². The molecule has 0 aliphatic heterocycles. The van der Waals surface area contributed by atoms with Crippen LogP contribution < -0.4 is 4.74 Å². The molecule has 0 bridgehead atoms. The number of rotatable bonds is 3. The van der Waals surface area contributed by atoms with E-state index in [4.69, 9.17) is 16.3 Å². The van der Waals surface area contributed by atoms with Gasteiger partial charge in [-0.3, -0.25) is 0 Å². The van der Waals surface area contributed by atoms with Gasteiger partial charge in [-0.05, 0) is 29.8 Å². The first-order chi connectivity index (χ1) is 8.22. The van der Waals surface area contributed by atoms with Gasteiger partial charge >= 0.3 is 0 Å². The zero-order chi connectivity index (χ0) is 12.3. The largest absolute Gasteiger partial charge is 0.481 e. The maximum Gasteiger partial charge on any atom is 0.219 e. The molecule has 17 heavy (non-hydrogen) atoms. The molecule has 0 aliphatic rings. The number of nitrogens with zero attached hydrogens (tertiary/aromatic N) is 1. The lowest BCUT2D eigenvalue weighted by molar-refractivity contribution is 0.213. The van der Waals surface area contributed by atoms with E-state index in [-0.39, 0.29) is 0 Å². The van der Waals surface area contributed by atoms with Crippen molar-refractivity contribution in [1.29, 1.82) is 0 Å². The van der Waals surface area contributed by atoms with E-state index >= 15 is 0 Å². The highest BCUT2D eigenvalue weighted by atomic mass is 35.5. The fourth-order valence-corrected chi connectivity index (χ4v) is 1.84. The van der Waals surface area contributed by atoms with Crippen molar-refractivity contribution in [1.82, 2.24) is 4.98 Å². The number of benzene rings is 1. The van der Waals surface area contributed by atoms with E-state index in [9.17, 15) is 5.11 Å². The van der Waals surface area contributed by atoms with Crippen molar-refractivity contribution < 1.29 is 9.84 Å². The van der Waals surface area contributed by atoms with E-state index in [2.05, 4.69) is 4.98 Å². The molecular formula is C13H12ClNO2. The van der Waals surface area contributed by atoms with Crippen molar-refractivity contribution in [3.8, 4) is 5.88 Å². The summed E-state index contributed by atoms with van der Waals surface area (Å²) in [5.41, 5.74) is 1.33. The zero-order valence-corrected chi connectivity index (χ0v) is 10.1. The first-order valence-corrected chi connectivity index (χ1v) is 5.52. The molecule has 0 spiro atoms. The monoisotopic (exact) mass is 249 g/mol. The standard InChI is InChI=1S/C13H12ClNO2/c1-17-13-11(6-3-7-15-13)12(16)9-4-2-5-10(14)8-9/h2-8,12,16H,1H3. The van der Waals surface area contributed by atoms with E-state index in [1.165, 1.54) is 7.11 Å². The Balaban J connectivity index is 2.40. The topological polar surface area (TPSA) is 42.4 Å². The van der Waals surface area contributed by atoms with Crippen molar-refractivity contribution in [2.75, 3.05) is 7.11 Å². The lowest BCUT2D eigenvalue weighted by atomic mass is 10.0. The predicted octanol–water partition coefficient (Wildman–Crippen LogP) is 2.83. The molecule has 1 aromatic heterocycles. The molecule has 0 aliphatic carbocycles. The van der Waals surface area contributed by atoms with Gasteiger partial charge in [0.05, 0.1) is 7.11 Å². The van der Waals surface area contributed by atoms with Gasteiger partial charge in [-0.25, -0.2) is 4.98 Å². The highest BCUT2D eigenvalue weighted by Gasteiger charge is 2.15. The SMILES string of the molecule is COc1ncccc1C(O)c1cccc(Cl)c1. The smallest absolute Gasteiger partial charge is 0.219 e. The number of methoxy groups -OCH3 is 1. The lowest BCUT2D eigenvalue weighted by Crippen LogP contribution is -2.03. The van der Waals surface area contributed by atoms with Gasteiger partial charge < -0.3 is 9.84 Å². The summed E-state index contributed by atoms with van der Waals surface area (Å²) in [6.45, 7) is 0. The molecule has 2 aromatic rings. The van der Waals surface area contributed by atoms with E-state index in [1.54, 1.807) is 36.5 Å². The third-order valence-corrected chi connectivity index (χ3v) is 2.69. The lowest BCUT2D eigenvalue weighted by Gasteiger charge is -2.14. The molecule has 4 heteroatoms. The summed E-state index contributed by atoms with van der Waals surface area (Å²) in [7, 11) is 1.52. The minimum atomic E-state index is -0.794. The zero-order valence-electron chi connectivity index (χ0n) is 9.30. The average Bonchev–Trinajstić information content (AvgIpc) is 2.38. The van der Waals surface area contributed by atoms with Gasteiger partial charge in [0.15, 0.2) is 0 Å². The fourth-order valence-electron chi connectivity index (χ4n) is 1.64. The summed E-state index contributed by atoms with van der Waals surface area (Å²) in [5.74, 6) is 0.417. The second kappa shape index (κ2) is 5.17. The molecule has 3 nitrogen and oxygen atoms in total. The van der Waals surface area contributed by atoms with Gasteiger partial charge in [-0.2, -0.15) is 0 Å². The molecule has 0 radical (unpaired) electrons. The molecular weight excluding hydrogens is 238 g/mol. The van der Waals surface area contributed by atoms with Crippen LogP contribution in [0, 0.1) is 0 Å². The van der Waals surface area contributed by atoms with Crippen molar-refractivity contribution in [3.63, 3.8) is 0 Å². The molecule has 2 rings (SSSR count). The molecule has 0 amide bonds. The first kappa shape index (κ1) is 11.9. The van der Waals surface area contributed by atoms with Crippen molar-refractivity contribution in [3.05, 3.63) is 58.7 Å². The molecule has 1 heterocycles. The van der Waals surface area contributed by atoms with Crippen molar-refractivity contribution in [2.45, 2.75) is 6.10 Å². The summed E-state index contributed by atoms with van der Waals surface area (Å²) < 4.78 is 5.11. The minimum absolute atomic E-state index is 0.417. The Hall–Kier alpha value is -1.58. The van der Waals surface area contributed by atoms with Crippen LogP contribution in [0.15, 0.2) is 42.6 Å². The van der Waals surface area contributed by atoms with Gasteiger partial charge in [0, 0.05) is 16.8 Å². The van der Waals surface area contributed by atoms with E-state index in [0.29, 0.717) is 22.0 Å². The Kier molecular flexibility index (Phi) is 3.61. The van der Waals surface area contributed by atoms with Crippen LogP contribution in [0.1, 0.15) is 17.2 Å². The summed E-state index contributed by atoms with van der Waals surface area (Å²) in [6.07, 6.45) is 0.824. The Labute approximate surface area is 105 Å². The van der Waals surface area contributed by atoms with Gasteiger partial charge in [-0.1, -0.05) is 23.7 Å². The number of aliphatic hydroxyl groups excluding tert-OH is 1. The van der Waals surface area contributed by atoms with Gasteiger partial charge in [0.25, 0.3) is 0 Å². The molecule has 88 valence electrons. The molecule has 1 atom stereocenters. The minimum Gasteiger partial charge on any atom is -0.481 e. The number of ether oxygens (including phenoxy) is 1. The molecule has 1 N–H and O–H groups in total. The Morgan fingerprint density at radius 1 is 1.29 bits per heavy atom. The average molecular weight is 250 g/mol. The van der Waals surface area contributed by atoms with E-state index in [0.717, 1.165) is 0 Å². The maximum absolute atomic E-state index is 10.2. The number of hydrogen-bond donors (Lipinski definition) is 1. The van der Waals surface area contributed by atoms with Crippen LogP contribution >= 0.6 is 11.6 Å². The number of pyridine rings is 1. The number of aromatic nitrogens is 1. The molecule has 0 fully saturated rings. The number of halogens is 1. The second-order valence-electron chi connectivity index (χ2n) is 3.56. The van der Waals surface area contributed by atoms with Gasteiger partial charge in [0.1, 0.15) is 6.10 Å². The van der Waals surface area contributed by atoms with Crippen LogP contribution in [-0.4, -0.2) is 17.2 Å². The fraction of sp³-hybridized carbons (Fsp3) is 0.154. The third kappa shape index (κ3) is 2.57. The molecule has 1 unspecified atom stereocenters. The second-order valence-corrected chi connectivity index (χ2v) is 4.00. The Bertz CT molecular complexity index is 516. The van der Waals surface area contributed by atoms with Gasteiger partial charge in [-0.15, -0.1) is 0 Å². The van der Waals surface area contributed by atoms with Crippen LogP contribution in [0.3, 0.4) is 0 Å². The highest BCUT2D eigenvalue weighted by Crippen LogP contribution is 2.29. The van der Waals surface area contributed by atoms with Crippen LogP contribution in [0.5, 0.6) is 5.88 Å². The van der Waals surface area contributed by atoms with Crippen LogP contribution in [0.4, 0.5) is 0 Å². The molecule has 0 saturated heterocycles. The normalized spacial score (nSPS) is 12.2. The Morgan fingerprint density at radius 2 is 2.12 bits per heavy atom. The molecule has 0 saturated carbocycles. The van der Waals surface area contributed by atoms with Crippen LogP contribution in [-0.2, 0) is 0 Å². The van der Waals surface area contributed by atoms with Crippen LogP contribution in [0.2, 0.25) is 5.02 Å². The van der Waals surface area contributed by atoms with E-state index < -0.39 is 6.10 Å². The predicted molar refractivity (Wildman–Crippen MR) is 66.3 cm³/mol. The van der Waals surface area contributed by atoms with Crippen LogP contribution in [0.25, 0.3) is 0 Å². The van der Waals surface area contributed by atoms with Crippen molar-refractivity contribution in [2.24, 2.45) is 0 Å². The summed E-state index contributed by atoms with van der Waals surface area (Å²) >= 11 is 5.89. The Morgan fingerprint density at radius 3 is 2.82 bits per heavy atom. The first-order valence-electron chi connectivity index (χ1n) is 5.15. The maximum atomic E-state index is 10.2. The number of hydrogen-bond acceptors (Lipinski definition) is 3. The summed E-state index contributed by atoms with van der Waals surface area (Å²) in [5, 5.41) is 10.8. The highest BCUT2D eigenvalue weighted by molar-refractivity contribution is 6.30. The number of aliphatic hydroxyl groups is 1. The van der Waals surface area contributed by atoms with E-state index in [1.807, 2.05) is 6.07 Å². The van der Waals surface area contributed by atoms with Gasteiger partial charge in [0.2, 0.25) is 5.88 Å².